The van der Waals surface area contributed by atoms with Crippen LogP contribution in [0.2, 0.25) is 0 Å². The van der Waals surface area contributed by atoms with Gasteiger partial charge in [-0.15, -0.1) is 11.3 Å². The van der Waals surface area contributed by atoms with Crippen molar-refractivity contribution < 1.29 is 22.8 Å². The summed E-state index contributed by atoms with van der Waals surface area (Å²) in [7, 11) is 0. The average molecular weight is 395 g/mol. The van der Waals surface area contributed by atoms with E-state index in [1.807, 2.05) is 0 Å². The Balaban J connectivity index is 1.93. The zero-order valence-electron chi connectivity index (χ0n) is 13.4. The van der Waals surface area contributed by atoms with Gasteiger partial charge < -0.3 is 11.1 Å². The molecular formula is C16H12F3N5O2S. The average Bonchev–Trinajstić information content (AvgIpc) is 3.30. The molecule has 2 aromatic heterocycles. The molecule has 27 heavy (non-hydrogen) atoms. The number of amides is 2. The predicted octanol–water partition coefficient (Wildman–Crippen LogP) is 2.50. The summed E-state index contributed by atoms with van der Waals surface area (Å²) in [5, 5.41) is 10.2. The Hall–Kier alpha value is -3.21. The highest BCUT2D eigenvalue weighted by molar-refractivity contribution is 7.12. The number of nitrogens with two attached hydrogens (primary N) is 1. The van der Waals surface area contributed by atoms with Crippen molar-refractivity contribution in [3.63, 3.8) is 0 Å². The van der Waals surface area contributed by atoms with E-state index in [-0.39, 0.29) is 21.8 Å². The Morgan fingerprint density at radius 1 is 1.26 bits per heavy atom. The number of hydrogen-bond acceptors (Lipinski definition) is 5. The number of alkyl halides is 3. The number of thiophene rings is 1. The molecule has 0 radical (unpaired) electrons. The van der Waals surface area contributed by atoms with E-state index in [2.05, 4.69) is 20.5 Å². The van der Waals surface area contributed by atoms with Crippen LogP contribution in [0.1, 0.15) is 43.0 Å². The maximum Gasteiger partial charge on any atom is 0.416 e. The highest BCUT2D eigenvalue weighted by Gasteiger charge is 2.32. The van der Waals surface area contributed by atoms with Gasteiger partial charge in [0.25, 0.3) is 5.91 Å². The Morgan fingerprint density at radius 2 is 2.04 bits per heavy atom. The number of aromatic nitrogens is 3. The lowest BCUT2D eigenvalue weighted by molar-refractivity contribution is -0.137. The van der Waals surface area contributed by atoms with Gasteiger partial charge >= 0.3 is 6.18 Å². The maximum atomic E-state index is 13.0. The van der Waals surface area contributed by atoms with Crippen LogP contribution in [0.25, 0.3) is 0 Å². The van der Waals surface area contributed by atoms with Gasteiger partial charge in [0.2, 0.25) is 5.91 Å². The molecule has 1 atom stereocenters. The van der Waals surface area contributed by atoms with E-state index >= 15 is 0 Å². The molecule has 140 valence electrons. The molecule has 0 spiro atoms. The summed E-state index contributed by atoms with van der Waals surface area (Å²) in [6.07, 6.45) is -3.35. The number of benzene rings is 1. The van der Waals surface area contributed by atoms with Crippen molar-refractivity contribution in [3.05, 3.63) is 69.4 Å². The largest absolute Gasteiger partial charge is 0.416 e. The molecule has 4 N–H and O–H groups in total. The van der Waals surface area contributed by atoms with E-state index in [1.54, 1.807) is 0 Å². The van der Waals surface area contributed by atoms with E-state index in [0.717, 1.165) is 23.5 Å². The number of halogens is 3. The van der Waals surface area contributed by atoms with E-state index in [1.165, 1.54) is 29.9 Å². The standard InChI is InChI=1S/C16H12F3N5O2S/c17-16(18,19)10-3-1-2-8(4-10)12(14-21-7-22-24-14)23-15(26)11-5-9(6-27-11)13(20)25/h1-7,12H,(H2,20,25)(H,23,26)(H,21,22,24)/t12-/m0/s1. The number of primary amides is 1. The highest BCUT2D eigenvalue weighted by Crippen LogP contribution is 2.31. The lowest BCUT2D eigenvalue weighted by Crippen LogP contribution is -2.30. The Kier molecular flexibility index (Phi) is 4.95. The Labute approximate surface area is 154 Å². The fraction of sp³-hybridized carbons (Fsp3) is 0.125. The fourth-order valence-electron chi connectivity index (χ4n) is 2.34. The van der Waals surface area contributed by atoms with E-state index < -0.39 is 29.6 Å². The third-order valence-corrected chi connectivity index (χ3v) is 4.57. The van der Waals surface area contributed by atoms with E-state index in [4.69, 9.17) is 5.73 Å². The number of carbonyl (C=O) groups is 2. The maximum absolute atomic E-state index is 13.0. The molecule has 3 rings (SSSR count). The monoisotopic (exact) mass is 395 g/mol. The highest BCUT2D eigenvalue weighted by atomic mass is 32.1. The Morgan fingerprint density at radius 3 is 2.63 bits per heavy atom. The topological polar surface area (TPSA) is 114 Å². The first-order valence-corrected chi connectivity index (χ1v) is 8.35. The first kappa shape index (κ1) is 18.6. The number of nitrogens with zero attached hydrogens (tertiary/aromatic N) is 2. The number of rotatable bonds is 5. The molecule has 0 saturated heterocycles. The van der Waals surface area contributed by atoms with Crippen molar-refractivity contribution in [2.75, 3.05) is 0 Å². The first-order valence-electron chi connectivity index (χ1n) is 7.47. The number of aromatic amines is 1. The van der Waals surface area contributed by atoms with Gasteiger partial charge in [-0.1, -0.05) is 12.1 Å². The molecular weight excluding hydrogens is 383 g/mol. The van der Waals surface area contributed by atoms with Crippen LogP contribution in [0, 0.1) is 0 Å². The van der Waals surface area contributed by atoms with Gasteiger partial charge in [-0.25, -0.2) is 4.98 Å². The number of hydrogen-bond donors (Lipinski definition) is 3. The summed E-state index contributed by atoms with van der Waals surface area (Å²) in [5.74, 6) is -1.12. The third kappa shape index (κ3) is 4.14. The predicted molar refractivity (Wildman–Crippen MR) is 90.0 cm³/mol. The number of nitrogens with one attached hydrogen (secondary N) is 2. The zero-order chi connectivity index (χ0) is 19.6. The zero-order valence-corrected chi connectivity index (χ0v) is 14.3. The van der Waals surface area contributed by atoms with Crippen molar-refractivity contribution in [2.24, 2.45) is 5.73 Å². The number of carbonyl (C=O) groups excluding carboxylic acids is 2. The van der Waals surface area contributed by atoms with Crippen LogP contribution < -0.4 is 11.1 Å². The van der Waals surface area contributed by atoms with Crippen LogP contribution in [0.3, 0.4) is 0 Å². The van der Waals surface area contributed by atoms with Crippen molar-refractivity contribution in [3.8, 4) is 0 Å². The van der Waals surface area contributed by atoms with Crippen LogP contribution in [-0.4, -0.2) is 27.0 Å². The molecule has 0 fully saturated rings. The molecule has 0 bridgehead atoms. The van der Waals surface area contributed by atoms with Crippen LogP contribution >= 0.6 is 11.3 Å². The second kappa shape index (κ2) is 7.19. The van der Waals surface area contributed by atoms with Crippen LogP contribution in [0.4, 0.5) is 13.2 Å². The van der Waals surface area contributed by atoms with Gasteiger partial charge in [-0.05, 0) is 23.8 Å². The van der Waals surface area contributed by atoms with E-state index in [9.17, 15) is 22.8 Å². The van der Waals surface area contributed by atoms with Crippen molar-refractivity contribution in [1.82, 2.24) is 20.5 Å². The minimum absolute atomic E-state index is 0.161. The second-order valence-corrected chi connectivity index (χ2v) is 6.38. The lowest BCUT2D eigenvalue weighted by atomic mass is 10.0. The fourth-order valence-corrected chi connectivity index (χ4v) is 3.14. The van der Waals surface area contributed by atoms with Gasteiger partial charge in [0.1, 0.15) is 12.4 Å². The summed E-state index contributed by atoms with van der Waals surface area (Å²) in [4.78, 5) is 27.8. The molecule has 0 aliphatic heterocycles. The molecule has 3 aromatic rings. The summed E-state index contributed by atoms with van der Waals surface area (Å²) < 4.78 is 39.0. The van der Waals surface area contributed by atoms with Gasteiger partial charge in [-0.2, -0.15) is 18.3 Å². The van der Waals surface area contributed by atoms with Crippen molar-refractivity contribution in [1.29, 1.82) is 0 Å². The van der Waals surface area contributed by atoms with Crippen LogP contribution in [0.5, 0.6) is 0 Å². The molecule has 11 heteroatoms. The first-order chi connectivity index (χ1) is 12.8. The minimum atomic E-state index is -4.53. The summed E-state index contributed by atoms with van der Waals surface area (Å²) in [6.45, 7) is 0. The smallest absolute Gasteiger partial charge is 0.366 e. The summed E-state index contributed by atoms with van der Waals surface area (Å²) in [5.41, 5.74) is 4.64. The minimum Gasteiger partial charge on any atom is -0.366 e. The van der Waals surface area contributed by atoms with Gasteiger partial charge in [0.15, 0.2) is 5.82 Å². The van der Waals surface area contributed by atoms with Crippen LogP contribution in [0.15, 0.2) is 42.0 Å². The normalized spacial score (nSPS) is 12.6. The Bertz CT molecular complexity index is 969. The van der Waals surface area contributed by atoms with Gasteiger partial charge in [0.05, 0.1) is 16.0 Å². The molecule has 0 aliphatic rings. The number of H-pyrrole nitrogens is 1. The molecule has 0 unspecified atom stereocenters. The van der Waals surface area contributed by atoms with Crippen molar-refractivity contribution >= 4 is 23.2 Å². The molecule has 1 aromatic carbocycles. The van der Waals surface area contributed by atoms with Gasteiger partial charge in [-0.3, -0.25) is 14.7 Å². The SMILES string of the molecule is NC(=O)c1csc(C(=O)N[C@@H](c2cccc(C(F)(F)F)c2)c2ncn[nH]2)c1. The van der Waals surface area contributed by atoms with Gasteiger partial charge in [0, 0.05) is 5.38 Å². The molecule has 0 aliphatic carbocycles. The van der Waals surface area contributed by atoms with Crippen molar-refractivity contribution in [2.45, 2.75) is 12.2 Å². The van der Waals surface area contributed by atoms with Crippen LogP contribution in [-0.2, 0) is 6.18 Å². The second-order valence-electron chi connectivity index (χ2n) is 5.46. The lowest BCUT2D eigenvalue weighted by Gasteiger charge is -2.18. The molecule has 7 nitrogen and oxygen atoms in total. The molecule has 2 heterocycles. The third-order valence-electron chi connectivity index (χ3n) is 3.64. The quantitative estimate of drug-likeness (QED) is 0.616. The molecule has 2 amide bonds. The van der Waals surface area contributed by atoms with E-state index in [0.29, 0.717) is 0 Å². The summed E-state index contributed by atoms with van der Waals surface area (Å²) in [6, 6.07) is 4.85. The molecule has 0 saturated carbocycles. The summed E-state index contributed by atoms with van der Waals surface area (Å²) >= 11 is 0.989.